The summed E-state index contributed by atoms with van der Waals surface area (Å²) in [6.07, 6.45) is 13.1. The predicted octanol–water partition coefficient (Wildman–Crippen LogP) is 4.06. The monoisotopic (exact) mass is 462 g/mol. The van der Waals surface area contributed by atoms with Gasteiger partial charge in [0.2, 0.25) is 0 Å². The second-order valence-corrected chi connectivity index (χ2v) is 8.53. The number of nitrogens with zero attached hydrogens (tertiary/aromatic N) is 2. The molecule has 1 unspecified atom stereocenters. The van der Waals surface area contributed by atoms with E-state index in [2.05, 4.69) is 33.5 Å². The van der Waals surface area contributed by atoms with Gasteiger partial charge in [-0.05, 0) is 51.8 Å². The van der Waals surface area contributed by atoms with Crippen LogP contribution in [0.3, 0.4) is 0 Å². The highest BCUT2D eigenvalue weighted by Gasteiger charge is 2.44. The number of hydrogen-bond acceptors (Lipinski definition) is 5. The molecule has 1 spiro atoms. The van der Waals surface area contributed by atoms with Crippen LogP contribution in [-0.2, 0) is 16.0 Å². The summed E-state index contributed by atoms with van der Waals surface area (Å²) in [5, 5.41) is 10.9. The molecule has 8 heteroatoms. The quantitative estimate of drug-likeness (QED) is 0.485. The molecule has 2 aliphatic rings. The van der Waals surface area contributed by atoms with Gasteiger partial charge in [0.1, 0.15) is 0 Å². The number of H-pyrrole nitrogens is 1. The number of ether oxygens (including phenoxy) is 2. The van der Waals surface area contributed by atoms with Gasteiger partial charge in [-0.15, -0.1) is 24.8 Å². The minimum Gasteiger partial charge on any atom is -0.385 e. The summed E-state index contributed by atoms with van der Waals surface area (Å²) in [6.45, 7) is 4.53. The van der Waals surface area contributed by atoms with E-state index < -0.39 is 0 Å². The van der Waals surface area contributed by atoms with Crippen molar-refractivity contribution in [3.05, 3.63) is 23.5 Å². The van der Waals surface area contributed by atoms with Gasteiger partial charge in [0.25, 0.3) is 0 Å². The zero-order valence-corrected chi connectivity index (χ0v) is 20.4. The number of hydrogen-bond donors (Lipinski definition) is 2. The normalized spacial score (nSPS) is 20.1. The van der Waals surface area contributed by atoms with Crippen LogP contribution in [0.15, 0.2) is 12.3 Å². The predicted molar refractivity (Wildman–Crippen MR) is 128 cm³/mol. The lowest BCUT2D eigenvalue weighted by Crippen LogP contribution is -2.38. The second kappa shape index (κ2) is 13.7. The summed E-state index contributed by atoms with van der Waals surface area (Å²) in [7, 11) is 5.93. The highest BCUT2D eigenvalue weighted by Crippen LogP contribution is 2.52. The van der Waals surface area contributed by atoms with Crippen molar-refractivity contribution in [2.24, 2.45) is 5.41 Å². The standard InChI is InChI=1S/C22H38N4O2.2ClH/c1-23-11-12-26(2)17-19-16-24-25-21(19)18-7-8-20(28-14-6-13-27-3)22(15-18)9-4-5-10-22;;/h7,16,20,23H,4-6,8-15,17H2,1-3H3,(H,24,25);2*1H. The van der Waals surface area contributed by atoms with E-state index in [0.717, 1.165) is 52.1 Å². The van der Waals surface area contributed by atoms with Crippen LogP contribution in [0.4, 0.5) is 0 Å². The van der Waals surface area contributed by atoms with Crippen molar-refractivity contribution in [1.29, 1.82) is 0 Å². The molecule has 0 radical (unpaired) electrons. The Morgan fingerprint density at radius 2 is 2.03 bits per heavy atom. The van der Waals surface area contributed by atoms with E-state index >= 15 is 0 Å². The third-order valence-corrected chi connectivity index (χ3v) is 6.44. The molecule has 1 atom stereocenters. The lowest BCUT2D eigenvalue weighted by atomic mass is 9.69. The molecule has 1 aromatic heterocycles. The van der Waals surface area contributed by atoms with Crippen LogP contribution in [0.25, 0.3) is 5.57 Å². The van der Waals surface area contributed by atoms with Crippen molar-refractivity contribution >= 4 is 30.4 Å². The average Bonchev–Trinajstić information content (AvgIpc) is 3.35. The fourth-order valence-corrected chi connectivity index (χ4v) is 4.89. The summed E-state index contributed by atoms with van der Waals surface area (Å²) in [5.41, 5.74) is 4.28. The summed E-state index contributed by atoms with van der Waals surface area (Å²) in [4.78, 5) is 2.35. The van der Waals surface area contributed by atoms with Gasteiger partial charge in [-0.25, -0.2) is 0 Å². The molecule has 30 heavy (non-hydrogen) atoms. The summed E-state index contributed by atoms with van der Waals surface area (Å²) < 4.78 is 11.5. The van der Waals surface area contributed by atoms with Crippen molar-refractivity contribution in [2.75, 3.05) is 47.5 Å². The van der Waals surface area contributed by atoms with Crippen LogP contribution in [0.1, 0.15) is 56.2 Å². The fraction of sp³-hybridized carbons (Fsp3) is 0.773. The first kappa shape index (κ1) is 27.4. The van der Waals surface area contributed by atoms with E-state index in [1.807, 2.05) is 13.2 Å². The maximum Gasteiger partial charge on any atom is 0.0669 e. The van der Waals surface area contributed by atoms with Crippen LogP contribution in [0.2, 0.25) is 0 Å². The molecule has 2 aliphatic carbocycles. The fourth-order valence-electron chi connectivity index (χ4n) is 4.89. The SMILES string of the molecule is CNCCN(C)Cc1cn[nH]c1C1=CCC(OCCCOC)C2(CCCC2)C1.Cl.Cl. The van der Waals surface area contributed by atoms with Crippen molar-refractivity contribution < 1.29 is 9.47 Å². The van der Waals surface area contributed by atoms with Crippen molar-refractivity contribution in [2.45, 2.75) is 57.6 Å². The number of aromatic amines is 1. The van der Waals surface area contributed by atoms with Gasteiger partial charge < -0.3 is 19.7 Å². The molecule has 0 amide bonds. The van der Waals surface area contributed by atoms with E-state index in [4.69, 9.17) is 9.47 Å². The molecule has 0 bridgehead atoms. The zero-order valence-electron chi connectivity index (χ0n) is 18.7. The highest BCUT2D eigenvalue weighted by atomic mass is 35.5. The summed E-state index contributed by atoms with van der Waals surface area (Å²) >= 11 is 0. The van der Waals surface area contributed by atoms with Crippen LogP contribution in [-0.4, -0.2) is 68.7 Å². The van der Waals surface area contributed by atoms with Crippen molar-refractivity contribution in [1.82, 2.24) is 20.4 Å². The lowest BCUT2D eigenvalue weighted by Gasteiger charge is -2.41. The molecule has 6 nitrogen and oxygen atoms in total. The molecular formula is C22H40Cl2N4O2. The third kappa shape index (κ3) is 6.94. The molecule has 1 fully saturated rings. The summed E-state index contributed by atoms with van der Waals surface area (Å²) in [6, 6.07) is 0. The van der Waals surface area contributed by atoms with Crippen molar-refractivity contribution in [3.63, 3.8) is 0 Å². The number of allylic oxidation sites excluding steroid dienone is 1. The Bertz CT molecular complexity index is 632. The molecule has 2 N–H and O–H groups in total. The molecule has 1 heterocycles. The Kier molecular flexibility index (Phi) is 12.5. The third-order valence-electron chi connectivity index (χ3n) is 6.44. The van der Waals surface area contributed by atoms with E-state index in [1.54, 1.807) is 7.11 Å². The lowest BCUT2D eigenvalue weighted by molar-refractivity contribution is -0.0438. The van der Waals surface area contributed by atoms with Crippen LogP contribution in [0, 0.1) is 5.41 Å². The summed E-state index contributed by atoms with van der Waals surface area (Å²) in [5.74, 6) is 0. The smallest absolute Gasteiger partial charge is 0.0669 e. The molecule has 174 valence electrons. The van der Waals surface area contributed by atoms with Gasteiger partial charge >= 0.3 is 0 Å². The Balaban J connectivity index is 0.00000225. The largest absolute Gasteiger partial charge is 0.385 e. The molecule has 1 saturated carbocycles. The van der Waals surface area contributed by atoms with Crippen LogP contribution in [0.5, 0.6) is 0 Å². The zero-order chi connectivity index (χ0) is 19.8. The number of nitrogens with one attached hydrogen (secondary N) is 2. The minimum atomic E-state index is 0. The van der Waals surface area contributed by atoms with Gasteiger partial charge in [0.05, 0.1) is 18.0 Å². The first-order valence-electron chi connectivity index (χ1n) is 10.8. The number of aromatic nitrogens is 2. The van der Waals surface area contributed by atoms with Gasteiger partial charge in [0.15, 0.2) is 0 Å². The molecule has 3 rings (SSSR count). The molecule has 0 aliphatic heterocycles. The number of likely N-dealkylation sites (N-methyl/N-ethyl adjacent to an activating group) is 2. The maximum absolute atomic E-state index is 6.36. The number of methoxy groups -OCH3 is 1. The van der Waals surface area contributed by atoms with E-state index in [1.165, 1.54) is 42.5 Å². The van der Waals surface area contributed by atoms with E-state index in [9.17, 15) is 0 Å². The van der Waals surface area contributed by atoms with Gasteiger partial charge in [-0.1, -0.05) is 18.9 Å². The maximum atomic E-state index is 6.36. The van der Waals surface area contributed by atoms with Crippen LogP contribution < -0.4 is 5.32 Å². The number of rotatable bonds is 11. The van der Waals surface area contributed by atoms with Gasteiger partial charge in [-0.2, -0.15) is 5.10 Å². The molecule has 1 aromatic rings. The highest BCUT2D eigenvalue weighted by molar-refractivity contribution is 5.85. The molecule has 0 saturated heterocycles. The van der Waals surface area contributed by atoms with Crippen LogP contribution >= 0.6 is 24.8 Å². The first-order chi connectivity index (χ1) is 13.7. The Morgan fingerprint density at radius 1 is 1.27 bits per heavy atom. The van der Waals surface area contributed by atoms with Gasteiger partial charge in [-0.3, -0.25) is 5.10 Å². The topological polar surface area (TPSA) is 62.4 Å². The minimum absolute atomic E-state index is 0. The Morgan fingerprint density at radius 3 is 2.73 bits per heavy atom. The average molecular weight is 463 g/mol. The van der Waals surface area contributed by atoms with Crippen molar-refractivity contribution in [3.8, 4) is 0 Å². The number of halogens is 2. The van der Waals surface area contributed by atoms with E-state index in [-0.39, 0.29) is 24.8 Å². The molecular weight excluding hydrogens is 423 g/mol. The Labute approximate surface area is 194 Å². The first-order valence-corrected chi connectivity index (χ1v) is 10.8. The van der Waals surface area contributed by atoms with Gasteiger partial charge in [0, 0.05) is 50.9 Å². The Hall–Kier alpha value is -0.630. The van der Waals surface area contributed by atoms with E-state index in [0.29, 0.717) is 11.5 Å². The molecule has 0 aromatic carbocycles. The second-order valence-electron chi connectivity index (χ2n) is 8.53.